The molecule has 2 heterocycles. The molecule has 2 unspecified atom stereocenters. The number of aromatic nitrogens is 2. The number of carbonyl (C=O) groups excluding carboxylic acids is 1. The Labute approximate surface area is 150 Å². The van der Waals surface area contributed by atoms with E-state index in [1.54, 1.807) is 0 Å². The largest absolute Gasteiger partial charge is 0.348 e. The van der Waals surface area contributed by atoms with Crippen LogP contribution in [0.5, 0.6) is 0 Å². The number of nitrogens with one attached hydrogen (secondary N) is 3. The number of amides is 1. The molecule has 1 aliphatic rings. The quantitative estimate of drug-likeness (QED) is 0.743. The van der Waals surface area contributed by atoms with Crippen LogP contribution in [0.2, 0.25) is 0 Å². The van der Waals surface area contributed by atoms with Gasteiger partial charge in [-0.1, -0.05) is 37.3 Å². The number of rotatable bonds is 3. The van der Waals surface area contributed by atoms with E-state index in [4.69, 9.17) is 0 Å². The van der Waals surface area contributed by atoms with Gasteiger partial charge in [0.1, 0.15) is 11.4 Å². The maximum atomic E-state index is 12.5. The molecule has 0 aliphatic carbocycles. The van der Waals surface area contributed by atoms with Gasteiger partial charge in [0.05, 0.1) is 4.47 Å². The molecule has 5 nitrogen and oxygen atoms in total. The van der Waals surface area contributed by atoms with Crippen LogP contribution in [0.3, 0.4) is 0 Å². The fourth-order valence-electron chi connectivity index (χ4n) is 2.74. The van der Waals surface area contributed by atoms with E-state index >= 15 is 0 Å². The Morgan fingerprint density at radius 3 is 2.78 bits per heavy atom. The first-order chi connectivity index (χ1) is 10.7. The Morgan fingerprint density at radius 2 is 2.09 bits per heavy atom. The molecular formula is C16H20BrClN4O. The number of H-pyrrole nitrogens is 1. The minimum Gasteiger partial charge on any atom is -0.348 e. The molecule has 1 amide bonds. The molecule has 2 atom stereocenters. The Balaban J connectivity index is 0.00000192. The highest BCUT2D eigenvalue weighted by molar-refractivity contribution is 9.10. The van der Waals surface area contributed by atoms with Gasteiger partial charge in [0.2, 0.25) is 0 Å². The van der Waals surface area contributed by atoms with Gasteiger partial charge >= 0.3 is 0 Å². The van der Waals surface area contributed by atoms with Crippen molar-refractivity contribution in [3.05, 3.63) is 40.5 Å². The van der Waals surface area contributed by atoms with Gasteiger partial charge in [-0.2, -0.15) is 5.10 Å². The first kappa shape index (κ1) is 18.0. The predicted octanol–water partition coefficient (Wildman–Crippen LogP) is 2.99. The van der Waals surface area contributed by atoms with E-state index < -0.39 is 0 Å². The highest BCUT2D eigenvalue weighted by Crippen LogP contribution is 2.28. The molecule has 3 N–H and O–H groups in total. The van der Waals surface area contributed by atoms with Gasteiger partial charge in [-0.25, -0.2) is 0 Å². The number of halogens is 2. The molecular weight excluding hydrogens is 380 g/mol. The van der Waals surface area contributed by atoms with E-state index in [1.807, 2.05) is 30.3 Å². The number of benzene rings is 1. The van der Waals surface area contributed by atoms with Crippen LogP contribution in [0.4, 0.5) is 0 Å². The minimum absolute atomic E-state index is 0. The van der Waals surface area contributed by atoms with Crippen LogP contribution in [0.25, 0.3) is 11.3 Å². The Bertz CT molecular complexity index is 661. The SMILES string of the molecule is CC1CNCCC1NC(=O)c1[nH]nc(-c2ccccc2)c1Br.Cl. The number of piperidine rings is 1. The number of aromatic amines is 1. The average Bonchev–Trinajstić information content (AvgIpc) is 2.92. The van der Waals surface area contributed by atoms with Gasteiger partial charge in [-0.15, -0.1) is 12.4 Å². The summed E-state index contributed by atoms with van der Waals surface area (Å²) in [5.41, 5.74) is 2.20. The normalized spacial score (nSPS) is 20.6. The van der Waals surface area contributed by atoms with Gasteiger partial charge in [-0.3, -0.25) is 9.89 Å². The summed E-state index contributed by atoms with van der Waals surface area (Å²) in [5.74, 6) is 0.313. The number of nitrogens with zero attached hydrogens (tertiary/aromatic N) is 1. The van der Waals surface area contributed by atoms with Gasteiger partial charge in [-0.05, 0) is 41.4 Å². The molecule has 1 saturated heterocycles. The van der Waals surface area contributed by atoms with E-state index in [0.29, 0.717) is 16.1 Å². The summed E-state index contributed by atoms with van der Waals surface area (Å²) in [6, 6.07) is 9.99. The van der Waals surface area contributed by atoms with Crippen molar-refractivity contribution in [1.82, 2.24) is 20.8 Å². The second kappa shape index (κ2) is 7.95. The zero-order valence-corrected chi connectivity index (χ0v) is 15.2. The molecule has 1 aliphatic heterocycles. The predicted molar refractivity (Wildman–Crippen MR) is 96.9 cm³/mol. The van der Waals surface area contributed by atoms with Crippen molar-refractivity contribution in [2.75, 3.05) is 13.1 Å². The summed E-state index contributed by atoms with van der Waals surface area (Å²) >= 11 is 3.50. The fourth-order valence-corrected chi connectivity index (χ4v) is 3.32. The Kier molecular flexibility index (Phi) is 6.21. The lowest BCUT2D eigenvalue weighted by molar-refractivity contribution is 0.0908. The first-order valence-corrected chi connectivity index (χ1v) is 8.27. The highest BCUT2D eigenvalue weighted by Gasteiger charge is 2.25. The van der Waals surface area contributed by atoms with Crippen LogP contribution in [-0.2, 0) is 0 Å². The molecule has 7 heteroatoms. The summed E-state index contributed by atoms with van der Waals surface area (Å²) in [6.45, 7) is 4.02. The fraction of sp³-hybridized carbons (Fsp3) is 0.375. The second-order valence-corrected chi connectivity index (χ2v) is 6.47. The number of hydrogen-bond donors (Lipinski definition) is 3. The summed E-state index contributed by atoms with van der Waals surface area (Å²) in [7, 11) is 0. The van der Waals surface area contributed by atoms with E-state index in [1.165, 1.54) is 0 Å². The monoisotopic (exact) mass is 398 g/mol. The topological polar surface area (TPSA) is 69.8 Å². The maximum Gasteiger partial charge on any atom is 0.270 e. The molecule has 1 aromatic carbocycles. The molecule has 1 aromatic heterocycles. The van der Waals surface area contributed by atoms with Crippen LogP contribution in [0, 0.1) is 5.92 Å². The lowest BCUT2D eigenvalue weighted by Gasteiger charge is -2.30. The van der Waals surface area contributed by atoms with Crippen molar-refractivity contribution in [2.24, 2.45) is 5.92 Å². The van der Waals surface area contributed by atoms with Gasteiger partial charge < -0.3 is 10.6 Å². The molecule has 1 fully saturated rings. The van der Waals surface area contributed by atoms with Gasteiger partial charge in [0, 0.05) is 11.6 Å². The molecule has 0 bridgehead atoms. The van der Waals surface area contributed by atoms with E-state index in [2.05, 4.69) is 43.7 Å². The Morgan fingerprint density at radius 1 is 1.35 bits per heavy atom. The third kappa shape index (κ3) is 3.94. The van der Waals surface area contributed by atoms with E-state index in [9.17, 15) is 4.79 Å². The molecule has 0 saturated carbocycles. The van der Waals surface area contributed by atoms with Gasteiger partial charge in [0.15, 0.2) is 0 Å². The molecule has 3 rings (SSSR count). The smallest absolute Gasteiger partial charge is 0.270 e. The summed E-state index contributed by atoms with van der Waals surface area (Å²) in [4.78, 5) is 12.5. The lowest BCUT2D eigenvalue weighted by Crippen LogP contribution is -2.48. The first-order valence-electron chi connectivity index (χ1n) is 7.47. The molecule has 0 radical (unpaired) electrons. The number of hydrogen-bond acceptors (Lipinski definition) is 3. The summed E-state index contributed by atoms with van der Waals surface area (Å²) < 4.78 is 0.706. The molecule has 0 spiro atoms. The lowest BCUT2D eigenvalue weighted by atomic mass is 9.95. The zero-order chi connectivity index (χ0) is 15.5. The van der Waals surface area contributed by atoms with Crippen LogP contribution >= 0.6 is 28.3 Å². The van der Waals surface area contributed by atoms with Crippen molar-refractivity contribution < 1.29 is 4.79 Å². The standard InChI is InChI=1S/C16H19BrN4O.ClH/c1-10-9-18-8-7-12(10)19-16(22)15-13(17)14(20-21-15)11-5-3-2-4-6-11;/h2-6,10,12,18H,7-9H2,1H3,(H,19,22)(H,20,21);1H. The van der Waals surface area contributed by atoms with Crippen LogP contribution < -0.4 is 10.6 Å². The van der Waals surface area contributed by atoms with E-state index in [-0.39, 0.29) is 24.4 Å². The minimum atomic E-state index is -0.111. The second-order valence-electron chi connectivity index (χ2n) is 5.68. The Hall–Kier alpha value is -1.37. The van der Waals surface area contributed by atoms with Crippen LogP contribution in [0.15, 0.2) is 34.8 Å². The van der Waals surface area contributed by atoms with Gasteiger partial charge in [0.25, 0.3) is 5.91 Å². The maximum absolute atomic E-state index is 12.5. The molecule has 2 aromatic rings. The number of carbonyl (C=O) groups is 1. The average molecular weight is 400 g/mol. The van der Waals surface area contributed by atoms with Crippen LogP contribution in [-0.4, -0.2) is 35.2 Å². The zero-order valence-electron chi connectivity index (χ0n) is 12.8. The molecule has 23 heavy (non-hydrogen) atoms. The van der Waals surface area contributed by atoms with Crippen molar-refractivity contribution in [1.29, 1.82) is 0 Å². The summed E-state index contributed by atoms with van der Waals surface area (Å²) in [6.07, 6.45) is 0.949. The highest BCUT2D eigenvalue weighted by atomic mass is 79.9. The summed E-state index contributed by atoms with van der Waals surface area (Å²) in [5, 5.41) is 13.6. The third-order valence-electron chi connectivity index (χ3n) is 4.08. The van der Waals surface area contributed by atoms with Crippen LogP contribution in [0.1, 0.15) is 23.8 Å². The molecule has 124 valence electrons. The van der Waals surface area contributed by atoms with Crippen molar-refractivity contribution >= 4 is 34.2 Å². The van der Waals surface area contributed by atoms with Crippen molar-refractivity contribution in [2.45, 2.75) is 19.4 Å². The van der Waals surface area contributed by atoms with Crippen molar-refractivity contribution in [3.8, 4) is 11.3 Å². The van der Waals surface area contributed by atoms with E-state index in [0.717, 1.165) is 30.8 Å². The third-order valence-corrected chi connectivity index (χ3v) is 4.86. The van der Waals surface area contributed by atoms with Crippen molar-refractivity contribution in [3.63, 3.8) is 0 Å².